The molecular formula is C11H12O4. The van der Waals surface area contributed by atoms with Crippen LogP contribution in [0.2, 0.25) is 0 Å². The molecule has 0 amide bonds. The van der Waals surface area contributed by atoms with Gasteiger partial charge in [-0.05, 0) is 26.0 Å². The molecule has 0 heterocycles. The lowest BCUT2D eigenvalue weighted by atomic mass is 10.1. The Morgan fingerprint density at radius 2 is 1.67 bits per heavy atom. The number of carbonyl (C=O) groups is 2. The van der Waals surface area contributed by atoms with Crippen molar-refractivity contribution in [1.82, 2.24) is 0 Å². The second kappa shape index (κ2) is 4.59. The average molecular weight is 208 g/mol. The van der Waals surface area contributed by atoms with Gasteiger partial charge in [-0.3, -0.25) is 0 Å². The second-order valence-electron chi connectivity index (χ2n) is 3.19. The van der Waals surface area contributed by atoms with Crippen molar-refractivity contribution >= 4 is 11.9 Å². The predicted octanol–water partition coefficient (Wildman–Crippen LogP) is 1.45. The zero-order valence-corrected chi connectivity index (χ0v) is 8.56. The molecule has 0 spiro atoms. The lowest BCUT2D eigenvalue weighted by Gasteiger charge is -2.09. The molecule has 4 nitrogen and oxygen atoms in total. The number of carbonyl (C=O) groups excluding carboxylic acids is 1. The molecule has 80 valence electrons. The number of esters is 1. The first-order chi connectivity index (χ1) is 7.02. The van der Waals surface area contributed by atoms with Crippen molar-refractivity contribution in [2.45, 2.75) is 20.0 Å². The summed E-state index contributed by atoms with van der Waals surface area (Å²) in [6.45, 7) is 2.81. The highest BCUT2D eigenvalue weighted by Gasteiger charge is 2.16. The van der Waals surface area contributed by atoms with Crippen molar-refractivity contribution in [3.8, 4) is 0 Å². The highest BCUT2D eigenvalue weighted by molar-refractivity contribution is 5.98. The standard InChI is InChI=1S/C11H12O4/c1-7(10(12)13)8(2)11(14)15-9-5-3-4-6-9/h3-6,9H,1-2H3,(H,12,13)/b8-7+. The molecule has 1 rings (SSSR count). The third-order valence-corrected chi connectivity index (χ3v) is 2.15. The van der Waals surface area contributed by atoms with Crippen molar-refractivity contribution in [1.29, 1.82) is 0 Å². The molecule has 0 aliphatic heterocycles. The molecule has 0 unspecified atom stereocenters. The van der Waals surface area contributed by atoms with E-state index in [-0.39, 0.29) is 17.3 Å². The van der Waals surface area contributed by atoms with E-state index in [1.165, 1.54) is 13.8 Å². The van der Waals surface area contributed by atoms with Crippen LogP contribution >= 0.6 is 0 Å². The number of hydrogen-bond donors (Lipinski definition) is 1. The first-order valence-electron chi connectivity index (χ1n) is 4.49. The Hall–Kier alpha value is -1.84. The fourth-order valence-electron chi connectivity index (χ4n) is 1.02. The molecule has 15 heavy (non-hydrogen) atoms. The van der Waals surface area contributed by atoms with Gasteiger partial charge in [0.15, 0.2) is 0 Å². The summed E-state index contributed by atoms with van der Waals surface area (Å²) in [6.07, 6.45) is 6.57. The minimum Gasteiger partial charge on any atom is -0.478 e. The van der Waals surface area contributed by atoms with Gasteiger partial charge in [-0.25, -0.2) is 9.59 Å². The van der Waals surface area contributed by atoms with E-state index in [1.54, 1.807) is 24.3 Å². The van der Waals surface area contributed by atoms with E-state index in [9.17, 15) is 9.59 Å². The first kappa shape index (κ1) is 11.2. The molecule has 1 aliphatic rings. The summed E-state index contributed by atoms with van der Waals surface area (Å²) >= 11 is 0. The summed E-state index contributed by atoms with van der Waals surface area (Å²) < 4.78 is 5.01. The fourth-order valence-corrected chi connectivity index (χ4v) is 1.02. The van der Waals surface area contributed by atoms with Gasteiger partial charge in [-0.15, -0.1) is 0 Å². The molecule has 0 aromatic rings. The first-order valence-corrected chi connectivity index (χ1v) is 4.49. The predicted molar refractivity (Wildman–Crippen MR) is 54.2 cm³/mol. The zero-order valence-electron chi connectivity index (χ0n) is 8.56. The van der Waals surface area contributed by atoms with Gasteiger partial charge in [0.05, 0.1) is 0 Å². The van der Waals surface area contributed by atoms with E-state index in [0.29, 0.717) is 0 Å². The number of hydrogen-bond acceptors (Lipinski definition) is 3. The number of carboxylic acid groups (broad SMARTS) is 1. The Balaban J connectivity index is 2.68. The summed E-state index contributed by atoms with van der Waals surface area (Å²) in [5.41, 5.74) is 0.127. The van der Waals surface area contributed by atoms with Gasteiger partial charge in [-0.1, -0.05) is 12.2 Å². The summed E-state index contributed by atoms with van der Waals surface area (Å²) in [6, 6.07) is 0. The SMILES string of the molecule is C/C(C(=O)O)=C(/C)C(=O)OC1C=CC=C1. The molecule has 0 bridgehead atoms. The normalized spacial score (nSPS) is 16.4. The third-order valence-electron chi connectivity index (χ3n) is 2.15. The van der Waals surface area contributed by atoms with Crippen LogP contribution in [0.4, 0.5) is 0 Å². The fraction of sp³-hybridized carbons (Fsp3) is 0.273. The van der Waals surface area contributed by atoms with Crippen LogP contribution in [0.3, 0.4) is 0 Å². The Bertz CT molecular complexity index is 362. The molecule has 0 radical (unpaired) electrons. The largest absolute Gasteiger partial charge is 0.478 e. The molecule has 1 aliphatic carbocycles. The second-order valence-corrected chi connectivity index (χ2v) is 3.19. The van der Waals surface area contributed by atoms with Crippen LogP contribution < -0.4 is 0 Å². The van der Waals surface area contributed by atoms with Crippen LogP contribution in [0.15, 0.2) is 35.5 Å². The van der Waals surface area contributed by atoms with Gasteiger partial charge in [0.25, 0.3) is 0 Å². The van der Waals surface area contributed by atoms with Crippen molar-refractivity contribution in [3.05, 3.63) is 35.5 Å². The summed E-state index contributed by atoms with van der Waals surface area (Å²) in [5, 5.41) is 8.67. The molecular weight excluding hydrogens is 196 g/mol. The van der Waals surface area contributed by atoms with Crippen LogP contribution in [-0.2, 0) is 14.3 Å². The van der Waals surface area contributed by atoms with Crippen molar-refractivity contribution in [3.63, 3.8) is 0 Å². The number of ether oxygens (including phenoxy) is 1. The number of rotatable bonds is 3. The lowest BCUT2D eigenvalue weighted by Crippen LogP contribution is -2.16. The maximum absolute atomic E-state index is 11.4. The molecule has 0 fully saturated rings. The van der Waals surface area contributed by atoms with E-state index in [4.69, 9.17) is 9.84 Å². The van der Waals surface area contributed by atoms with Crippen LogP contribution in [0.5, 0.6) is 0 Å². The average Bonchev–Trinajstić information content (AvgIpc) is 2.67. The Labute approximate surface area is 87.5 Å². The van der Waals surface area contributed by atoms with Gasteiger partial charge in [0, 0.05) is 11.1 Å². The maximum atomic E-state index is 11.4. The zero-order chi connectivity index (χ0) is 11.4. The molecule has 0 saturated carbocycles. The molecule has 0 saturated heterocycles. The topological polar surface area (TPSA) is 63.6 Å². The quantitative estimate of drug-likeness (QED) is 0.563. The minimum absolute atomic E-state index is 0.00551. The summed E-state index contributed by atoms with van der Waals surface area (Å²) in [5.74, 6) is -1.71. The van der Waals surface area contributed by atoms with Crippen LogP contribution in [0, 0.1) is 0 Å². The van der Waals surface area contributed by atoms with E-state index in [1.807, 2.05) is 0 Å². The van der Waals surface area contributed by atoms with E-state index in [0.717, 1.165) is 0 Å². The highest BCUT2D eigenvalue weighted by Crippen LogP contribution is 2.11. The van der Waals surface area contributed by atoms with Gasteiger partial charge in [0.2, 0.25) is 0 Å². The van der Waals surface area contributed by atoms with Crippen LogP contribution in [-0.4, -0.2) is 23.1 Å². The van der Waals surface area contributed by atoms with Gasteiger partial charge in [0.1, 0.15) is 6.10 Å². The minimum atomic E-state index is -1.11. The number of allylic oxidation sites excluding steroid dienone is 2. The summed E-state index contributed by atoms with van der Waals surface area (Å²) in [7, 11) is 0. The van der Waals surface area contributed by atoms with Crippen molar-refractivity contribution < 1.29 is 19.4 Å². The molecule has 0 aromatic carbocycles. The smallest absolute Gasteiger partial charge is 0.335 e. The molecule has 0 aromatic heterocycles. The monoisotopic (exact) mass is 208 g/mol. The van der Waals surface area contributed by atoms with Gasteiger partial charge in [-0.2, -0.15) is 0 Å². The Morgan fingerprint density at radius 3 is 2.13 bits per heavy atom. The summed E-state index contributed by atoms with van der Waals surface area (Å²) in [4.78, 5) is 22.0. The highest BCUT2D eigenvalue weighted by atomic mass is 16.5. The maximum Gasteiger partial charge on any atom is 0.335 e. The van der Waals surface area contributed by atoms with E-state index < -0.39 is 11.9 Å². The van der Waals surface area contributed by atoms with E-state index >= 15 is 0 Å². The molecule has 4 heteroatoms. The number of aliphatic carboxylic acids is 1. The van der Waals surface area contributed by atoms with E-state index in [2.05, 4.69) is 0 Å². The van der Waals surface area contributed by atoms with Crippen molar-refractivity contribution in [2.24, 2.45) is 0 Å². The van der Waals surface area contributed by atoms with Gasteiger partial charge >= 0.3 is 11.9 Å². The lowest BCUT2D eigenvalue weighted by molar-refractivity contribution is -0.141. The third kappa shape index (κ3) is 2.80. The van der Waals surface area contributed by atoms with Crippen LogP contribution in [0.25, 0.3) is 0 Å². The Morgan fingerprint density at radius 1 is 1.13 bits per heavy atom. The van der Waals surface area contributed by atoms with Crippen molar-refractivity contribution in [2.75, 3.05) is 0 Å². The molecule has 0 atom stereocenters. The Kier molecular flexibility index (Phi) is 3.44. The molecule has 1 N–H and O–H groups in total. The van der Waals surface area contributed by atoms with Crippen LogP contribution in [0.1, 0.15) is 13.8 Å². The van der Waals surface area contributed by atoms with Gasteiger partial charge < -0.3 is 9.84 Å². The number of carboxylic acids is 1.